The molecule has 0 aliphatic heterocycles. The molecule has 3 aliphatic carbocycles. The van der Waals surface area contributed by atoms with Crippen molar-refractivity contribution in [3.8, 4) is 0 Å². The molecule has 1 heterocycles. The van der Waals surface area contributed by atoms with Crippen molar-refractivity contribution in [1.82, 2.24) is 0 Å². The van der Waals surface area contributed by atoms with Crippen molar-refractivity contribution in [2.45, 2.75) is 70.2 Å². The Morgan fingerprint density at radius 3 is 2.67 bits per heavy atom. The molecule has 134 valence electrons. The number of hydrogen-bond acceptors (Lipinski definition) is 4. The largest absolute Gasteiger partial charge is 0.466 e. The van der Waals surface area contributed by atoms with Gasteiger partial charge in [-0.15, -0.1) is 0 Å². The summed E-state index contributed by atoms with van der Waals surface area (Å²) in [4.78, 5) is 0. The van der Waals surface area contributed by atoms with Gasteiger partial charge in [-0.3, -0.25) is 0 Å². The molecular weight excluding hydrogens is 304 g/mol. The Morgan fingerprint density at radius 1 is 1.21 bits per heavy atom. The van der Waals surface area contributed by atoms with Crippen molar-refractivity contribution < 1.29 is 19.7 Å². The van der Waals surface area contributed by atoms with E-state index >= 15 is 0 Å². The zero-order chi connectivity index (χ0) is 17.1. The predicted octanol–water partition coefficient (Wildman–Crippen LogP) is 3.06. The van der Waals surface area contributed by atoms with Gasteiger partial charge in [0, 0.05) is 5.41 Å². The van der Waals surface area contributed by atoms with Gasteiger partial charge in [0.15, 0.2) is 0 Å². The first-order valence-electron chi connectivity index (χ1n) is 9.55. The topological polar surface area (TPSA) is 73.8 Å². The lowest BCUT2D eigenvalue weighted by Crippen LogP contribution is -2.57. The summed E-state index contributed by atoms with van der Waals surface area (Å²) in [7, 11) is 0. The number of rotatable bonds is 2. The summed E-state index contributed by atoms with van der Waals surface area (Å²) in [6.45, 7) is 4.26. The molecule has 4 heteroatoms. The summed E-state index contributed by atoms with van der Waals surface area (Å²) in [6.07, 6.45) is 5.77. The summed E-state index contributed by atoms with van der Waals surface area (Å²) < 4.78 is 5.59. The third-order valence-corrected chi connectivity index (χ3v) is 7.91. The quantitative estimate of drug-likeness (QED) is 0.777. The second-order valence-corrected chi connectivity index (χ2v) is 8.66. The summed E-state index contributed by atoms with van der Waals surface area (Å²) in [5.74, 6) is 1.64. The first-order chi connectivity index (χ1) is 11.4. The van der Waals surface area contributed by atoms with E-state index in [1.165, 1.54) is 0 Å². The second kappa shape index (κ2) is 5.58. The molecule has 8 atom stereocenters. The molecule has 3 fully saturated rings. The minimum Gasteiger partial charge on any atom is -0.466 e. The van der Waals surface area contributed by atoms with Gasteiger partial charge in [-0.1, -0.05) is 20.3 Å². The highest BCUT2D eigenvalue weighted by molar-refractivity contribution is 5.21. The first-order valence-corrected chi connectivity index (χ1v) is 9.55. The van der Waals surface area contributed by atoms with Crippen LogP contribution in [0.15, 0.2) is 22.8 Å². The van der Waals surface area contributed by atoms with Crippen LogP contribution < -0.4 is 0 Å². The van der Waals surface area contributed by atoms with Crippen molar-refractivity contribution in [3.63, 3.8) is 0 Å². The molecule has 0 saturated heterocycles. The molecule has 1 unspecified atom stereocenters. The van der Waals surface area contributed by atoms with Crippen LogP contribution in [-0.2, 0) is 5.60 Å². The van der Waals surface area contributed by atoms with Gasteiger partial charge >= 0.3 is 0 Å². The monoisotopic (exact) mass is 334 g/mol. The highest BCUT2D eigenvalue weighted by atomic mass is 16.4. The molecule has 1 aromatic rings. The number of aliphatic hydroxyl groups excluding tert-OH is 2. The molecule has 3 aliphatic rings. The molecule has 4 rings (SSSR count). The maximum atomic E-state index is 11.5. The van der Waals surface area contributed by atoms with Crippen LogP contribution in [0.1, 0.15) is 58.1 Å². The van der Waals surface area contributed by atoms with E-state index in [-0.39, 0.29) is 23.2 Å². The lowest BCUT2D eigenvalue weighted by atomic mass is 9.51. The minimum atomic E-state index is -0.960. The number of furan rings is 1. The van der Waals surface area contributed by atoms with Crippen LogP contribution in [0.5, 0.6) is 0 Å². The van der Waals surface area contributed by atoms with Gasteiger partial charge in [-0.2, -0.15) is 0 Å². The standard InChI is InChI=1S/C20H30O4/c1-3-12-11-13-6-8-19(2)14(16(13)18(22)17(12)21)7-9-20(19,23)15-5-4-10-24-15/h4-5,10,12-14,16-18,21-23H,3,6-9,11H2,1-2H3/t12-,13+,14-,16?,17+,18+,19-,20+/m0/s1. The molecule has 0 aromatic carbocycles. The van der Waals surface area contributed by atoms with Gasteiger partial charge in [0.25, 0.3) is 0 Å². The van der Waals surface area contributed by atoms with Crippen molar-refractivity contribution in [2.24, 2.45) is 29.1 Å². The Bertz CT molecular complexity index is 582. The van der Waals surface area contributed by atoms with Crippen molar-refractivity contribution >= 4 is 0 Å². The molecule has 1 aromatic heterocycles. The molecule has 4 nitrogen and oxygen atoms in total. The van der Waals surface area contributed by atoms with E-state index < -0.39 is 17.8 Å². The van der Waals surface area contributed by atoms with Gasteiger partial charge in [-0.25, -0.2) is 0 Å². The number of aliphatic hydroxyl groups is 3. The van der Waals surface area contributed by atoms with E-state index in [1.807, 2.05) is 12.1 Å². The van der Waals surface area contributed by atoms with E-state index in [0.29, 0.717) is 18.1 Å². The summed E-state index contributed by atoms with van der Waals surface area (Å²) >= 11 is 0. The Labute approximate surface area is 143 Å². The molecule has 0 amide bonds. The Balaban J connectivity index is 1.68. The van der Waals surface area contributed by atoms with Crippen LogP contribution in [0.3, 0.4) is 0 Å². The molecule has 24 heavy (non-hydrogen) atoms. The van der Waals surface area contributed by atoms with E-state index in [2.05, 4.69) is 13.8 Å². The van der Waals surface area contributed by atoms with Gasteiger partial charge in [0.05, 0.1) is 18.5 Å². The third-order valence-electron chi connectivity index (χ3n) is 7.91. The average Bonchev–Trinajstić information content (AvgIpc) is 3.19. The van der Waals surface area contributed by atoms with Crippen LogP contribution in [0.25, 0.3) is 0 Å². The SMILES string of the molecule is CC[C@H]1C[C@H]2CC[C@@]3(C)[C@@H](CC[C@@]3(O)c3ccco3)C2[C@@H](O)[C@@H]1O. The first kappa shape index (κ1) is 16.6. The fraction of sp³-hybridized carbons (Fsp3) is 0.800. The summed E-state index contributed by atoms with van der Waals surface area (Å²) in [5.41, 5.74) is -1.26. The average molecular weight is 334 g/mol. The fourth-order valence-corrected chi connectivity index (χ4v) is 6.44. The van der Waals surface area contributed by atoms with Crippen molar-refractivity contribution in [1.29, 1.82) is 0 Å². The lowest BCUT2D eigenvalue weighted by Gasteiger charge is -2.55. The van der Waals surface area contributed by atoms with Crippen molar-refractivity contribution in [2.75, 3.05) is 0 Å². The molecule has 0 radical (unpaired) electrons. The van der Waals surface area contributed by atoms with Gasteiger partial charge in [0.2, 0.25) is 0 Å². The summed E-state index contributed by atoms with van der Waals surface area (Å²) in [6, 6.07) is 3.71. The van der Waals surface area contributed by atoms with Crippen LogP contribution >= 0.6 is 0 Å². The van der Waals surface area contributed by atoms with Crippen LogP contribution in [0.4, 0.5) is 0 Å². The molecule has 0 spiro atoms. The third kappa shape index (κ3) is 2.03. The highest BCUT2D eigenvalue weighted by Gasteiger charge is 2.65. The van der Waals surface area contributed by atoms with Crippen molar-refractivity contribution in [3.05, 3.63) is 24.2 Å². The maximum absolute atomic E-state index is 11.5. The zero-order valence-electron chi connectivity index (χ0n) is 14.7. The van der Waals surface area contributed by atoms with E-state index in [1.54, 1.807) is 6.26 Å². The predicted molar refractivity (Wildman–Crippen MR) is 90.1 cm³/mol. The van der Waals surface area contributed by atoms with E-state index in [0.717, 1.165) is 32.1 Å². The van der Waals surface area contributed by atoms with Gasteiger partial charge in [-0.05, 0) is 67.9 Å². The molecule has 3 N–H and O–H groups in total. The van der Waals surface area contributed by atoms with E-state index in [9.17, 15) is 15.3 Å². The zero-order valence-corrected chi connectivity index (χ0v) is 14.7. The minimum absolute atomic E-state index is 0.0885. The molecular formula is C20H30O4. The summed E-state index contributed by atoms with van der Waals surface area (Å²) in [5, 5.41) is 33.0. The lowest BCUT2D eigenvalue weighted by molar-refractivity contribution is -0.179. The molecule has 0 bridgehead atoms. The van der Waals surface area contributed by atoms with Gasteiger partial charge < -0.3 is 19.7 Å². The molecule has 3 saturated carbocycles. The highest BCUT2D eigenvalue weighted by Crippen LogP contribution is 2.66. The van der Waals surface area contributed by atoms with Crippen LogP contribution in [-0.4, -0.2) is 27.5 Å². The van der Waals surface area contributed by atoms with E-state index in [4.69, 9.17) is 4.42 Å². The Morgan fingerprint density at radius 2 is 2.00 bits per heavy atom. The fourth-order valence-electron chi connectivity index (χ4n) is 6.44. The maximum Gasteiger partial charge on any atom is 0.135 e. The number of fused-ring (bicyclic) bond motifs is 3. The van der Waals surface area contributed by atoms with Gasteiger partial charge in [0.1, 0.15) is 11.4 Å². The number of hydrogen-bond donors (Lipinski definition) is 3. The second-order valence-electron chi connectivity index (χ2n) is 8.66. The smallest absolute Gasteiger partial charge is 0.135 e. The van der Waals surface area contributed by atoms with Crippen LogP contribution in [0.2, 0.25) is 0 Å². The van der Waals surface area contributed by atoms with Crippen LogP contribution in [0, 0.1) is 29.1 Å². The Hall–Kier alpha value is -0.840. The normalized spacial score (nSPS) is 51.2. The Kier molecular flexibility index (Phi) is 3.87.